The molecular weight excluding hydrogens is 1020 g/mol. The monoisotopic (exact) mass is 1080 g/mol. The second kappa shape index (κ2) is 17.9. The number of nitro benzene ring substituents is 1. The maximum absolute atomic E-state index is 14.9. The molecular formula is C76H59N3O4. The van der Waals surface area contributed by atoms with Crippen LogP contribution >= 0.6 is 0 Å². The van der Waals surface area contributed by atoms with Crippen LogP contribution in [0.4, 0.5) is 28.4 Å². The van der Waals surface area contributed by atoms with Crippen LogP contribution in [0.15, 0.2) is 200 Å². The van der Waals surface area contributed by atoms with Gasteiger partial charge in [-0.3, -0.25) is 19.7 Å². The fourth-order valence-corrected chi connectivity index (χ4v) is 14.7. The Morgan fingerprint density at radius 3 is 1.37 bits per heavy atom. The number of amides is 2. The normalized spacial score (nSPS) is 14.6. The molecule has 0 radical (unpaired) electrons. The van der Waals surface area contributed by atoms with Crippen molar-refractivity contribution in [2.45, 2.75) is 78.1 Å². The molecule has 0 unspecified atom stereocenters. The predicted molar refractivity (Wildman–Crippen MR) is 341 cm³/mol. The molecule has 0 spiro atoms. The Kier molecular flexibility index (Phi) is 10.8. The van der Waals surface area contributed by atoms with Crippen LogP contribution in [0.2, 0.25) is 0 Å². The number of imide groups is 1. The number of carbonyl (C=O) groups excluding carboxylic acids is 2. The van der Waals surface area contributed by atoms with Crippen molar-refractivity contribution in [1.29, 1.82) is 0 Å². The van der Waals surface area contributed by atoms with Gasteiger partial charge in [0.2, 0.25) is 0 Å². The molecule has 0 bridgehead atoms. The minimum Gasteiger partial charge on any atom is -0.310 e. The maximum Gasteiger partial charge on any atom is 0.277 e. The summed E-state index contributed by atoms with van der Waals surface area (Å²) in [5.41, 5.74) is 19.4. The molecule has 83 heavy (non-hydrogen) atoms. The van der Waals surface area contributed by atoms with Crippen LogP contribution in [0, 0.1) is 10.1 Å². The fourth-order valence-electron chi connectivity index (χ4n) is 14.7. The number of hydrogen-bond acceptors (Lipinski definition) is 5. The van der Waals surface area contributed by atoms with Crippen LogP contribution in [0.25, 0.3) is 87.6 Å². The van der Waals surface area contributed by atoms with Crippen LogP contribution in [0.5, 0.6) is 0 Å². The van der Waals surface area contributed by atoms with Gasteiger partial charge in [-0.15, -0.1) is 0 Å². The molecule has 7 heteroatoms. The molecule has 0 saturated carbocycles. The van der Waals surface area contributed by atoms with Gasteiger partial charge >= 0.3 is 0 Å². The van der Waals surface area contributed by atoms with E-state index in [0.717, 1.165) is 82.6 Å². The molecule has 2 aliphatic carbocycles. The van der Waals surface area contributed by atoms with E-state index >= 15 is 0 Å². The van der Waals surface area contributed by atoms with Crippen molar-refractivity contribution in [2.24, 2.45) is 0 Å². The Bertz CT molecular complexity index is 4630. The fraction of sp³-hybridized carbons (Fsp3) is 0.158. The highest BCUT2D eigenvalue weighted by molar-refractivity contribution is 6.42. The molecule has 402 valence electrons. The van der Waals surface area contributed by atoms with Gasteiger partial charge in [-0.05, 0) is 176 Å². The second-order valence-electron chi connectivity index (χ2n) is 24.7. The Balaban J connectivity index is 0.816. The van der Waals surface area contributed by atoms with E-state index < -0.39 is 0 Å². The molecule has 12 aromatic carbocycles. The first-order chi connectivity index (χ1) is 40.0. The summed E-state index contributed by atoms with van der Waals surface area (Å²) in [5, 5.41) is 20.5. The van der Waals surface area contributed by atoms with Gasteiger partial charge in [-0.2, -0.15) is 0 Å². The average molecular weight is 1080 g/mol. The molecule has 0 fully saturated rings. The Labute approximate surface area is 482 Å². The molecule has 0 aromatic heterocycles. The molecule has 3 aliphatic rings. The second-order valence-corrected chi connectivity index (χ2v) is 24.7. The average Bonchev–Trinajstić information content (AvgIpc) is 1.98. The SMILES string of the molecule is CC(C)c1cccc(C(C)C)c1N1C(=O)c2ccc3c4cccc5c(-c6ccc(-c7ccc(N(c8ccc9c(c8)C(C)(C)c8ccccc8-9)c8ccc9c(c8)C(C)(C)c8ccccc8-9)cc7)cc6[N+](=O)[O-])ccc(c6ccc(c2c36)C1=O)c54. The van der Waals surface area contributed by atoms with Crippen molar-refractivity contribution >= 4 is 83.3 Å². The number of para-hydroxylation sites is 1. The molecule has 0 N–H and O–H groups in total. The van der Waals surface area contributed by atoms with E-state index in [9.17, 15) is 19.7 Å². The molecule has 7 nitrogen and oxygen atoms in total. The van der Waals surface area contributed by atoms with E-state index in [1.54, 1.807) is 6.07 Å². The Morgan fingerprint density at radius 2 is 0.831 bits per heavy atom. The summed E-state index contributed by atoms with van der Waals surface area (Å²) in [5.74, 6) is -0.485. The van der Waals surface area contributed by atoms with Gasteiger partial charge in [0, 0.05) is 50.5 Å². The first-order valence-corrected chi connectivity index (χ1v) is 28.9. The summed E-state index contributed by atoms with van der Waals surface area (Å²) < 4.78 is 0. The first kappa shape index (κ1) is 50.3. The van der Waals surface area contributed by atoms with E-state index in [0.29, 0.717) is 27.8 Å². The van der Waals surface area contributed by atoms with Gasteiger partial charge < -0.3 is 4.90 Å². The third-order valence-electron chi connectivity index (χ3n) is 18.8. The summed E-state index contributed by atoms with van der Waals surface area (Å²) in [4.78, 5) is 46.6. The number of fused-ring (bicyclic) bond motifs is 8. The van der Waals surface area contributed by atoms with Crippen molar-refractivity contribution in [3.05, 3.63) is 255 Å². The van der Waals surface area contributed by atoms with Crippen molar-refractivity contribution in [3.63, 3.8) is 0 Å². The first-order valence-electron chi connectivity index (χ1n) is 28.9. The van der Waals surface area contributed by atoms with E-state index in [2.05, 4.69) is 176 Å². The van der Waals surface area contributed by atoms with Crippen LogP contribution in [-0.4, -0.2) is 16.7 Å². The lowest BCUT2D eigenvalue weighted by Gasteiger charge is -2.32. The van der Waals surface area contributed by atoms with Crippen molar-refractivity contribution in [2.75, 3.05) is 9.80 Å². The van der Waals surface area contributed by atoms with Gasteiger partial charge in [0.15, 0.2) is 0 Å². The van der Waals surface area contributed by atoms with Gasteiger partial charge in [0.1, 0.15) is 0 Å². The van der Waals surface area contributed by atoms with Crippen LogP contribution < -0.4 is 9.80 Å². The highest BCUT2D eigenvalue weighted by Gasteiger charge is 2.40. The van der Waals surface area contributed by atoms with E-state index in [1.165, 1.54) is 49.4 Å². The highest BCUT2D eigenvalue weighted by atomic mass is 16.6. The maximum atomic E-state index is 14.9. The van der Waals surface area contributed by atoms with E-state index in [4.69, 9.17) is 0 Å². The number of benzene rings is 12. The Hall–Kier alpha value is -9.72. The molecule has 0 atom stereocenters. The summed E-state index contributed by atoms with van der Waals surface area (Å²) >= 11 is 0. The zero-order valence-electron chi connectivity index (χ0n) is 47.7. The summed E-state index contributed by atoms with van der Waals surface area (Å²) in [6.45, 7) is 17.6. The molecule has 0 saturated heterocycles. The number of nitrogens with zero attached hydrogens (tertiary/aromatic N) is 3. The lowest BCUT2D eigenvalue weighted by molar-refractivity contribution is -0.384. The van der Waals surface area contributed by atoms with E-state index in [1.807, 2.05) is 78.9 Å². The summed E-state index contributed by atoms with van der Waals surface area (Å²) in [6.07, 6.45) is 0. The predicted octanol–water partition coefficient (Wildman–Crippen LogP) is 20.1. The zero-order valence-corrected chi connectivity index (χ0v) is 47.7. The van der Waals surface area contributed by atoms with Gasteiger partial charge in [-0.1, -0.05) is 195 Å². The van der Waals surface area contributed by atoms with Crippen LogP contribution in [0.3, 0.4) is 0 Å². The Morgan fingerprint density at radius 1 is 0.398 bits per heavy atom. The number of nitro groups is 1. The van der Waals surface area contributed by atoms with Gasteiger partial charge in [0.25, 0.3) is 17.5 Å². The van der Waals surface area contributed by atoms with Gasteiger partial charge in [0.05, 0.1) is 16.2 Å². The minimum atomic E-state index is -0.328. The topological polar surface area (TPSA) is 83.8 Å². The summed E-state index contributed by atoms with van der Waals surface area (Å²) in [7, 11) is 0. The van der Waals surface area contributed by atoms with Crippen molar-refractivity contribution < 1.29 is 14.5 Å². The number of hydrogen-bond donors (Lipinski definition) is 0. The molecule has 1 aliphatic heterocycles. The number of carbonyl (C=O) groups is 2. The van der Waals surface area contributed by atoms with E-state index in [-0.39, 0.29) is 45.1 Å². The quantitative estimate of drug-likeness (QED) is 0.0473. The van der Waals surface area contributed by atoms with Crippen LogP contribution in [0.1, 0.15) is 121 Å². The molecule has 12 aromatic rings. The van der Waals surface area contributed by atoms with Gasteiger partial charge in [-0.25, -0.2) is 4.90 Å². The van der Waals surface area contributed by atoms with Crippen molar-refractivity contribution in [1.82, 2.24) is 0 Å². The summed E-state index contributed by atoms with van der Waals surface area (Å²) in [6, 6.07) is 69.2. The van der Waals surface area contributed by atoms with Crippen molar-refractivity contribution in [3.8, 4) is 44.5 Å². The largest absolute Gasteiger partial charge is 0.310 e. The number of rotatable bonds is 9. The minimum absolute atomic E-state index is 0.00777. The standard InChI is InChI=1S/C76H59N3O4/c1-42(2)49-17-13-18-50(43(3)4)72(49)78-73(80)62-37-35-60-58-20-14-19-57-51(33-34-59(69(57)58)61-36-38-63(74(78)81)71(62)70(60)61)56-30-25-45(39-68(56)79(82)83)44-23-26-46(27-24-44)77(47-28-31-54-52-15-9-11-21-64(52)75(5,6)66(54)40-47)48-29-32-55-53-16-10-12-22-65(53)76(7,8)67(55)41-48/h9-43H,1-8H3. The molecule has 1 heterocycles. The molecule has 15 rings (SSSR count). The smallest absolute Gasteiger partial charge is 0.277 e. The zero-order chi connectivity index (χ0) is 57.1. The number of anilines is 4. The highest BCUT2D eigenvalue weighted by Crippen LogP contribution is 2.54. The third-order valence-corrected chi connectivity index (χ3v) is 18.8. The lowest BCUT2D eigenvalue weighted by atomic mass is 9.82. The molecule has 2 amide bonds. The lowest BCUT2D eigenvalue weighted by Crippen LogP contribution is -2.41. The van der Waals surface area contributed by atoms with Crippen LogP contribution in [-0.2, 0) is 10.8 Å². The third kappa shape index (κ3) is 7.10.